The molecule has 0 atom stereocenters. The number of para-hydroxylation sites is 1. The van der Waals surface area contributed by atoms with Crippen molar-refractivity contribution in [3.05, 3.63) is 82.8 Å². The van der Waals surface area contributed by atoms with Crippen LogP contribution in [0.15, 0.2) is 65.3 Å². The van der Waals surface area contributed by atoms with Crippen molar-refractivity contribution in [2.45, 2.75) is 12.7 Å². The van der Waals surface area contributed by atoms with Crippen molar-refractivity contribution < 1.29 is 27.2 Å². The number of furan rings is 1. The molecule has 1 aromatic heterocycles. The van der Waals surface area contributed by atoms with Gasteiger partial charge in [0.25, 0.3) is 5.91 Å². The van der Waals surface area contributed by atoms with Gasteiger partial charge in [0, 0.05) is 10.7 Å². The molecule has 0 aliphatic rings. The molecule has 6 nitrogen and oxygen atoms in total. The molecule has 0 spiro atoms. The fraction of sp³-hybridized carbons (Fsp3) is 0.143. The predicted molar refractivity (Wildman–Crippen MR) is 110 cm³/mol. The number of anilines is 2. The minimum Gasteiger partial charge on any atom is -0.467 e. The zero-order valence-electron chi connectivity index (χ0n) is 15.9. The van der Waals surface area contributed by atoms with Crippen molar-refractivity contribution in [2.24, 2.45) is 0 Å². The number of amides is 2. The molecule has 0 aliphatic carbocycles. The van der Waals surface area contributed by atoms with E-state index in [4.69, 9.17) is 16.0 Å². The van der Waals surface area contributed by atoms with E-state index in [1.54, 1.807) is 36.4 Å². The third kappa shape index (κ3) is 6.02. The van der Waals surface area contributed by atoms with Gasteiger partial charge in [-0.05, 0) is 42.5 Å². The lowest BCUT2D eigenvalue weighted by Crippen LogP contribution is -2.26. The number of halogens is 4. The highest BCUT2D eigenvalue weighted by Gasteiger charge is 2.34. The largest absolute Gasteiger partial charge is 0.467 e. The van der Waals surface area contributed by atoms with Gasteiger partial charge in [-0.25, -0.2) is 0 Å². The van der Waals surface area contributed by atoms with Gasteiger partial charge >= 0.3 is 6.18 Å². The summed E-state index contributed by atoms with van der Waals surface area (Å²) in [6, 6.07) is 12.9. The molecule has 0 saturated carbocycles. The number of nitrogens with one attached hydrogen (secondary N) is 3. The van der Waals surface area contributed by atoms with Crippen LogP contribution in [0, 0.1) is 0 Å². The third-order valence-electron chi connectivity index (χ3n) is 4.18. The first-order valence-corrected chi connectivity index (χ1v) is 9.42. The van der Waals surface area contributed by atoms with Gasteiger partial charge in [-0.15, -0.1) is 0 Å². The number of benzene rings is 2. The van der Waals surface area contributed by atoms with E-state index in [1.807, 2.05) is 0 Å². The lowest BCUT2D eigenvalue weighted by molar-refractivity contribution is -0.137. The van der Waals surface area contributed by atoms with E-state index in [0.717, 1.165) is 12.1 Å². The van der Waals surface area contributed by atoms with Crippen LogP contribution < -0.4 is 16.0 Å². The van der Waals surface area contributed by atoms with Crippen molar-refractivity contribution in [2.75, 3.05) is 17.2 Å². The topological polar surface area (TPSA) is 83.4 Å². The zero-order chi connectivity index (χ0) is 22.4. The molecule has 0 saturated heterocycles. The summed E-state index contributed by atoms with van der Waals surface area (Å²) in [5.41, 5.74) is -0.842. The van der Waals surface area contributed by atoms with Crippen molar-refractivity contribution in [3.8, 4) is 0 Å². The molecule has 2 amide bonds. The van der Waals surface area contributed by atoms with Crippen molar-refractivity contribution in [1.82, 2.24) is 5.32 Å². The minimum atomic E-state index is -4.68. The lowest BCUT2D eigenvalue weighted by atomic mass is 10.1. The average molecular weight is 452 g/mol. The van der Waals surface area contributed by atoms with Gasteiger partial charge in [0.1, 0.15) is 5.76 Å². The molecule has 3 aromatic rings. The van der Waals surface area contributed by atoms with Crippen LogP contribution >= 0.6 is 11.6 Å². The molecule has 0 radical (unpaired) electrons. The third-order valence-corrected chi connectivity index (χ3v) is 4.41. The van der Waals surface area contributed by atoms with Crippen molar-refractivity contribution >= 4 is 34.8 Å². The summed E-state index contributed by atoms with van der Waals surface area (Å²) in [6.45, 7) is -0.181. The van der Waals surface area contributed by atoms with Crippen LogP contribution in [0.3, 0.4) is 0 Å². The molecule has 2 aromatic carbocycles. The van der Waals surface area contributed by atoms with Crippen LogP contribution in [-0.2, 0) is 17.5 Å². The van der Waals surface area contributed by atoms with E-state index in [2.05, 4.69) is 16.0 Å². The lowest BCUT2D eigenvalue weighted by Gasteiger charge is -2.15. The predicted octanol–water partition coefficient (Wildman–Crippen LogP) is 4.93. The molecule has 0 aliphatic heterocycles. The van der Waals surface area contributed by atoms with Gasteiger partial charge < -0.3 is 20.4 Å². The average Bonchev–Trinajstić information content (AvgIpc) is 3.25. The molecule has 31 heavy (non-hydrogen) atoms. The highest BCUT2D eigenvalue weighted by atomic mass is 35.5. The highest BCUT2D eigenvalue weighted by Crippen LogP contribution is 2.36. The number of hydrogen-bond donors (Lipinski definition) is 3. The van der Waals surface area contributed by atoms with E-state index in [9.17, 15) is 22.8 Å². The monoisotopic (exact) mass is 451 g/mol. The first-order chi connectivity index (χ1) is 14.7. The number of hydrogen-bond acceptors (Lipinski definition) is 4. The SMILES string of the molecule is O=C(CNc1ccccc1C(=O)NCc1ccco1)Nc1ccc(Cl)cc1C(F)(F)F. The molecule has 0 bridgehead atoms. The summed E-state index contributed by atoms with van der Waals surface area (Å²) in [7, 11) is 0. The smallest absolute Gasteiger partial charge is 0.418 e. The number of carbonyl (C=O) groups is 2. The summed E-state index contributed by atoms with van der Waals surface area (Å²) in [5, 5.41) is 7.58. The van der Waals surface area contributed by atoms with Crippen molar-refractivity contribution in [3.63, 3.8) is 0 Å². The molecule has 162 valence electrons. The zero-order valence-corrected chi connectivity index (χ0v) is 16.7. The summed E-state index contributed by atoms with van der Waals surface area (Å²) >= 11 is 5.64. The first kappa shape index (κ1) is 22.2. The molecule has 0 fully saturated rings. The molecule has 1 heterocycles. The standard InChI is InChI=1S/C21H17ClF3N3O3/c22-13-7-8-18(16(10-13)21(23,24)25)28-19(29)12-26-17-6-2-1-5-15(17)20(30)27-11-14-4-3-9-31-14/h1-10,26H,11-12H2,(H,27,30)(H,28,29). The van der Waals surface area contributed by atoms with Crippen LogP contribution in [0.2, 0.25) is 5.02 Å². The quantitative estimate of drug-likeness (QED) is 0.475. The molecule has 3 rings (SSSR count). The van der Waals surface area contributed by atoms with Crippen LogP contribution in [0.4, 0.5) is 24.5 Å². The summed E-state index contributed by atoms with van der Waals surface area (Å²) in [6.07, 6.45) is -3.19. The Balaban J connectivity index is 1.64. The van der Waals surface area contributed by atoms with Crippen LogP contribution in [0.5, 0.6) is 0 Å². The summed E-state index contributed by atoms with van der Waals surface area (Å²) in [4.78, 5) is 24.7. The highest BCUT2D eigenvalue weighted by molar-refractivity contribution is 6.30. The van der Waals surface area contributed by atoms with Crippen molar-refractivity contribution in [1.29, 1.82) is 0 Å². The Labute approximate surface area is 180 Å². The van der Waals surface area contributed by atoms with Crippen LogP contribution in [-0.4, -0.2) is 18.4 Å². The fourth-order valence-electron chi connectivity index (χ4n) is 2.74. The maximum Gasteiger partial charge on any atom is 0.418 e. The second kappa shape index (κ2) is 9.57. The van der Waals surface area contributed by atoms with Gasteiger partial charge in [0.05, 0.1) is 36.2 Å². The first-order valence-electron chi connectivity index (χ1n) is 9.04. The van der Waals surface area contributed by atoms with Gasteiger partial charge in [-0.2, -0.15) is 13.2 Å². The number of alkyl halides is 3. The maximum absolute atomic E-state index is 13.2. The number of carbonyl (C=O) groups excluding carboxylic acids is 2. The Bertz CT molecular complexity index is 1070. The Kier molecular flexibility index (Phi) is 6.86. The number of rotatable bonds is 7. The normalized spacial score (nSPS) is 11.1. The van der Waals surface area contributed by atoms with E-state index in [1.165, 1.54) is 12.3 Å². The van der Waals surface area contributed by atoms with E-state index in [0.29, 0.717) is 11.4 Å². The Morgan fingerprint density at radius 2 is 1.77 bits per heavy atom. The minimum absolute atomic E-state index is 0.0991. The Morgan fingerprint density at radius 1 is 1.00 bits per heavy atom. The Morgan fingerprint density at radius 3 is 2.48 bits per heavy atom. The molecule has 10 heteroatoms. The van der Waals surface area contributed by atoms with E-state index >= 15 is 0 Å². The van der Waals surface area contributed by atoms with Gasteiger partial charge in [-0.3, -0.25) is 9.59 Å². The fourth-order valence-corrected chi connectivity index (χ4v) is 2.91. The molecule has 3 N–H and O–H groups in total. The maximum atomic E-state index is 13.2. The van der Waals surface area contributed by atoms with E-state index in [-0.39, 0.29) is 23.7 Å². The second-order valence-electron chi connectivity index (χ2n) is 6.40. The summed E-state index contributed by atoms with van der Waals surface area (Å²) in [5.74, 6) is -0.558. The summed E-state index contributed by atoms with van der Waals surface area (Å²) < 4.78 is 44.7. The Hall–Kier alpha value is -3.46. The van der Waals surface area contributed by atoms with E-state index < -0.39 is 29.2 Å². The molecular weight excluding hydrogens is 435 g/mol. The van der Waals surface area contributed by atoms with Gasteiger partial charge in [0.15, 0.2) is 0 Å². The molecular formula is C21H17ClF3N3O3. The second-order valence-corrected chi connectivity index (χ2v) is 6.83. The van der Waals surface area contributed by atoms with Gasteiger partial charge in [0.2, 0.25) is 5.91 Å². The van der Waals surface area contributed by atoms with Crippen LogP contribution in [0.1, 0.15) is 21.7 Å². The van der Waals surface area contributed by atoms with Gasteiger partial charge in [-0.1, -0.05) is 23.7 Å². The molecule has 0 unspecified atom stereocenters. The van der Waals surface area contributed by atoms with Crippen LogP contribution in [0.25, 0.3) is 0 Å².